The Bertz CT molecular complexity index is 265. The average molecular weight is 232 g/mol. The molecule has 0 aliphatic rings. The van der Waals surface area contributed by atoms with E-state index in [2.05, 4.69) is 33.9 Å². The Morgan fingerprint density at radius 3 is 3.00 bits per heavy atom. The number of aromatic nitrogens is 1. The van der Waals surface area contributed by atoms with E-state index < -0.39 is 0 Å². The number of aryl methyl sites for hydroxylation is 1. The molecular formula is C8H10BrNS. The molecular weight excluding hydrogens is 222 g/mol. The molecule has 0 N–H and O–H groups in total. The molecule has 0 saturated carbocycles. The Kier molecular flexibility index (Phi) is 3.27. The van der Waals surface area contributed by atoms with Crippen LogP contribution < -0.4 is 0 Å². The number of rotatable bonds is 2. The van der Waals surface area contributed by atoms with Crippen LogP contribution in [0.2, 0.25) is 0 Å². The van der Waals surface area contributed by atoms with Crippen LogP contribution in [0.25, 0.3) is 6.08 Å². The third-order valence-corrected chi connectivity index (χ3v) is 3.13. The maximum atomic E-state index is 4.16. The van der Waals surface area contributed by atoms with Gasteiger partial charge in [-0.2, -0.15) is 0 Å². The number of halogens is 1. The average Bonchev–Trinajstić information content (AvgIpc) is 2.37. The monoisotopic (exact) mass is 231 g/mol. The van der Waals surface area contributed by atoms with Crippen molar-refractivity contribution in [3.8, 4) is 0 Å². The van der Waals surface area contributed by atoms with Crippen molar-refractivity contribution < 1.29 is 0 Å². The van der Waals surface area contributed by atoms with E-state index in [4.69, 9.17) is 0 Å². The van der Waals surface area contributed by atoms with Crippen molar-refractivity contribution in [2.75, 3.05) is 5.33 Å². The Morgan fingerprint density at radius 2 is 2.55 bits per heavy atom. The normalized spacial score (nSPS) is 12.1. The molecule has 0 spiro atoms. The highest BCUT2D eigenvalue weighted by Crippen LogP contribution is 2.16. The molecule has 11 heavy (non-hydrogen) atoms. The zero-order valence-corrected chi connectivity index (χ0v) is 9.00. The van der Waals surface area contributed by atoms with Gasteiger partial charge in [0.15, 0.2) is 0 Å². The molecule has 0 unspecified atom stereocenters. The predicted octanol–water partition coefficient (Wildman–Crippen LogP) is 3.25. The van der Waals surface area contributed by atoms with E-state index >= 15 is 0 Å². The van der Waals surface area contributed by atoms with Crippen LogP contribution in [0.3, 0.4) is 0 Å². The summed E-state index contributed by atoms with van der Waals surface area (Å²) in [5.74, 6) is 0. The van der Waals surface area contributed by atoms with Gasteiger partial charge in [0.25, 0.3) is 0 Å². The van der Waals surface area contributed by atoms with E-state index in [9.17, 15) is 0 Å². The lowest BCUT2D eigenvalue weighted by atomic mass is 10.3. The van der Waals surface area contributed by atoms with Gasteiger partial charge in [-0.1, -0.05) is 21.5 Å². The lowest BCUT2D eigenvalue weighted by molar-refractivity contribution is 1.26. The highest BCUT2D eigenvalue weighted by atomic mass is 79.9. The minimum atomic E-state index is 0.935. The summed E-state index contributed by atoms with van der Waals surface area (Å²) in [7, 11) is 0. The van der Waals surface area contributed by atoms with E-state index in [0.29, 0.717) is 0 Å². The lowest BCUT2D eigenvalue weighted by Crippen LogP contribution is -1.77. The minimum Gasteiger partial charge on any atom is -0.249 e. The van der Waals surface area contributed by atoms with Crippen LogP contribution >= 0.6 is 27.3 Å². The third-order valence-electron chi connectivity index (χ3n) is 1.37. The zero-order chi connectivity index (χ0) is 8.27. The van der Waals surface area contributed by atoms with Crippen molar-refractivity contribution >= 4 is 33.3 Å². The Labute approximate surface area is 79.3 Å². The smallest absolute Gasteiger partial charge is 0.0801 e. The molecule has 1 heterocycles. The molecule has 0 radical (unpaired) electrons. The van der Waals surface area contributed by atoms with Gasteiger partial charge in [0.1, 0.15) is 0 Å². The minimum absolute atomic E-state index is 0.935. The number of hydrogen-bond donors (Lipinski definition) is 0. The molecule has 0 amide bonds. The summed E-state index contributed by atoms with van der Waals surface area (Å²) in [5.41, 5.74) is 4.33. The van der Waals surface area contributed by atoms with Crippen molar-refractivity contribution in [3.63, 3.8) is 0 Å². The first-order valence-corrected chi connectivity index (χ1v) is 5.37. The highest BCUT2D eigenvalue weighted by molar-refractivity contribution is 9.09. The Hall–Kier alpha value is -0.150. The maximum absolute atomic E-state index is 4.16. The van der Waals surface area contributed by atoms with Crippen molar-refractivity contribution in [3.05, 3.63) is 21.7 Å². The molecule has 1 aromatic rings. The van der Waals surface area contributed by atoms with Crippen molar-refractivity contribution in [1.29, 1.82) is 0 Å². The molecule has 0 aliphatic heterocycles. The Balaban J connectivity index is 2.86. The van der Waals surface area contributed by atoms with E-state index in [0.717, 1.165) is 11.0 Å². The highest BCUT2D eigenvalue weighted by Gasteiger charge is 1.96. The largest absolute Gasteiger partial charge is 0.249 e. The van der Waals surface area contributed by atoms with Crippen LogP contribution in [0, 0.1) is 6.92 Å². The third kappa shape index (κ3) is 2.42. The molecule has 3 heteroatoms. The molecule has 0 atom stereocenters. The van der Waals surface area contributed by atoms with Crippen molar-refractivity contribution in [2.24, 2.45) is 0 Å². The summed E-state index contributed by atoms with van der Waals surface area (Å²) in [6.07, 6.45) is 2.17. The first-order valence-electron chi connectivity index (χ1n) is 3.37. The van der Waals surface area contributed by atoms with Gasteiger partial charge < -0.3 is 0 Å². The van der Waals surface area contributed by atoms with Gasteiger partial charge in [-0.05, 0) is 19.9 Å². The number of allylic oxidation sites excluding steroid dienone is 1. The molecule has 1 rings (SSSR count). The first-order chi connectivity index (χ1) is 5.24. The summed E-state index contributed by atoms with van der Waals surface area (Å²) in [5, 5.41) is 0.935. The maximum Gasteiger partial charge on any atom is 0.0801 e. The van der Waals surface area contributed by atoms with Gasteiger partial charge in [0, 0.05) is 10.2 Å². The standard InChI is InChI=1S/C8H10BrNS/c1-6(4-9)3-8-7(2)10-5-11-8/h3,5H,4H2,1-2H3. The SMILES string of the molecule is CC(=Cc1scnc1C)CBr. The second kappa shape index (κ2) is 4.02. The summed E-state index contributed by atoms with van der Waals surface area (Å²) >= 11 is 5.09. The molecule has 0 saturated heterocycles. The molecule has 0 bridgehead atoms. The van der Waals surface area contributed by atoms with E-state index in [-0.39, 0.29) is 0 Å². The number of hydrogen-bond acceptors (Lipinski definition) is 2. The van der Waals surface area contributed by atoms with E-state index in [1.807, 2.05) is 12.4 Å². The lowest BCUT2D eigenvalue weighted by Gasteiger charge is -1.92. The van der Waals surface area contributed by atoms with Crippen LogP contribution in [0.15, 0.2) is 11.1 Å². The summed E-state index contributed by atoms with van der Waals surface area (Å²) < 4.78 is 0. The summed E-state index contributed by atoms with van der Waals surface area (Å²) in [4.78, 5) is 5.43. The summed E-state index contributed by atoms with van der Waals surface area (Å²) in [6, 6.07) is 0. The second-order valence-electron chi connectivity index (χ2n) is 2.43. The fraction of sp³-hybridized carbons (Fsp3) is 0.375. The van der Waals surface area contributed by atoms with Gasteiger partial charge in [-0.25, -0.2) is 4.98 Å². The number of nitrogens with zero attached hydrogens (tertiary/aromatic N) is 1. The van der Waals surface area contributed by atoms with E-state index in [1.54, 1.807) is 11.3 Å². The topological polar surface area (TPSA) is 12.9 Å². The van der Waals surface area contributed by atoms with E-state index in [1.165, 1.54) is 10.5 Å². The van der Waals surface area contributed by atoms with Gasteiger partial charge in [0.05, 0.1) is 11.2 Å². The molecule has 0 fully saturated rings. The van der Waals surface area contributed by atoms with Gasteiger partial charge in [-0.15, -0.1) is 11.3 Å². The molecule has 60 valence electrons. The second-order valence-corrected chi connectivity index (χ2v) is 3.87. The first kappa shape index (κ1) is 8.94. The number of thiazole rings is 1. The van der Waals surface area contributed by atoms with Crippen LogP contribution in [-0.2, 0) is 0 Å². The van der Waals surface area contributed by atoms with Crippen LogP contribution in [0.1, 0.15) is 17.5 Å². The zero-order valence-electron chi connectivity index (χ0n) is 6.60. The van der Waals surface area contributed by atoms with Crippen molar-refractivity contribution in [1.82, 2.24) is 4.98 Å². The van der Waals surface area contributed by atoms with Gasteiger partial charge >= 0.3 is 0 Å². The van der Waals surface area contributed by atoms with Gasteiger partial charge in [0.2, 0.25) is 0 Å². The van der Waals surface area contributed by atoms with Crippen LogP contribution in [0.5, 0.6) is 0 Å². The molecule has 0 aliphatic carbocycles. The quantitative estimate of drug-likeness (QED) is 0.713. The predicted molar refractivity (Wildman–Crippen MR) is 54.3 cm³/mol. The van der Waals surface area contributed by atoms with Crippen LogP contribution in [0.4, 0.5) is 0 Å². The summed E-state index contributed by atoms with van der Waals surface area (Å²) in [6.45, 7) is 4.14. The van der Waals surface area contributed by atoms with Gasteiger partial charge in [-0.3, -0.25) is 0 Å². The molecule has 0 aromatic carbocycles. The number of alkyl halides is 1. The van der Waals surface area contributed by atoms with Crippen molar-refractivity contribution in [2.45, 2.75) is 13.8 Å². The van der Waals surface area contributed by atoms with Crippen LogP contribution in [-0.4, -0.2) is 10.3 Å². The molecule has 1 aromatic heterocycles. The fourth-order valence-electron chi connectivity index (χ4n) is 0.712. The fourth-order valence-corrected chi connectivity index (χ4v) is 1.69. The Morgan fingerprint density at radius 1 is 1.82 bits per heavy atom. The molecule has 1 nitrogen and oxygen atoms in total.